The lowest BCUT2D eigenvalue weighted by Gasteiger charge is -2.34. The molecule has 10 heteroatoms. The predicted octanol–water partition coefficient (Wildman–Crippen LogP) is 1.23. The van der Waals surface area contributed by atoms with Gasteiger partial charge in [-0.05, 0) is 43.7 Å². The number of aromatic nitrogens is 3. The molecule has 2 fully saturated rings. The SMILES string of the molecule is CNC(=O)C1CC(C)CN1C(=O)C(n1cc(CN2CCC(C(=O)OC)CC2)nn1)C(C)(C)C. The molecule has 0 aromatic carbocycles. The Labute approximate surface area is 196 Å². The Kier molecular flexibility index (Phi) is 7.76. The number of piperidine rings is 1. The Morgan fingerprint density at radius 1 is 1.24 bits per heavy atom. The van der Waals surface area contributed by atoms with Gasteiger partial charge in [-0.2, -0.15) is 0 Å². The fraction of sp³-hybridized carbons (Fsp3) is 0.783. The fourth-order valence-electron chi connectivity index (χ4n) is 4.98. The normalized spacial score (nSPS) is 23.4. The second-order valence-electron chi connectivity index (χ2n) is 10.5. The maximum Gasteiger partial charge on any atom is 0.308 e. The van der Waals surface area contributed by atoms with E-state index in [-0.39, 0.29) is 29.6 Å². The highest BCUT2D eigenvalue weighted by atomic mass is 16.5. The van der Waals surface area contributed by atoms with Gasteiger partial charge in [0.25, 0.3) is 0 Å². The minimum Gasteiger partial charge on any atom is -0.469 e. The topological polar surface area (TPSA) is 110 Å². The number of amides is 2. The van der Waals surface area contributed by atoms with Crippen molar-refractivity contribution >= 4 is 17.8 Å². The van der Waals surface area contributed by atoms with E-state index in [1.54, 1.807) is 16.6 Å². The molecule has 0 aliphatic carbocycles. The molecule has 1 aromatic heterocycles. The first kappa shape index (κ1) is 25.1. The maximum absolute atomic E-state index is 13.7. The summed E-state index contributed by atoms with van der Waals surface area (Å²) in [6.45, 7) is 10.8. The summed E-state index contributed by atoms with van der Waals surface area (Å²) < 4.78 is 6.52. The summed E-state index contributed by atoms with van der Waals surface area (Å²) in [5, 5.41) is 11.4. The van der Waals surface area contributed by atoms with Crippen molar-refractivity contribution in [1.29, 1.82) is 0 Å². The van der Waals surface area contributed by atoms with Crippen LogP contribution in [0.15, 0.2) is 6.20 Å². The van der Waals surface area contributed by atoms with Crippen molar-refractivity contribution in [3.05, 3.63) is 11.9 Å². The van der Waals surface area contributed by atoms with Crippen LogP contribution in [0.3, 0.4) is 0 Å². The van der Waals surface area contributed by atoms with Crippen molar-refractivity contribution in [3.8, 4) is 0 Å². The van der Waals surface area contributed by atoms with Crippen molar-refractivity contribution in [3.63, 3.8) is 0 Å². The van der Waals surface area contributed by atoms with Gasteiger partial charge in [0, 0.05) is 20.1 Å². The van der Waals surface area contributed by atoms with E-state index in [1.807, 2.05) is 27.0 Å². The van der Waals surface area contributed by atoms with Crippen LogP contribution in [0.5, 0.6) is 0 Å². The number of carbonyl (C=O) groups is 3. The van der Waals surface area contributed by atoms with E-state index in [9.17, 15) is 14.4 Å². The summed E-state index contributed by atoms with van der Waals surface area (Å²) >= 11 is 0. The van der Waals surface area contributed by atoms with Crippen LogP contribution in [0.25, 0.3) is 0 Å². The molecule has 0 radical (unpaired) electrons. The Balaban J connectivity index is 1.73. The zero-order chi connectivity index (χ0) is 24.3. The lowest BCUT2D eigenvalue weighted by Crippen LogP contribution is -2.49. The van der Waals surface area contributed by atoms with E-state index in [0.29, 0.717) is 19.5 Å². The minimum atomic E-state index is -0.568. The van der Waals surface area contributed by atoms with Crippen LogP contribution >= 0.6 is 0 Å². The highest BCUT2D eigenvalue weighted by molar-refractivity contribution is 5.90. The van der Waals surface area contributed by atoms with Crippen LogP contribution in [-0.4, -0.2) is 82.4 Å². The Morgan fingerprint density at radius 2 is 1.91 bits per heavy atom. The van der Waals surface area contributed by atoms with E-state index < -0.39 is 17.5 Å². The number of likely N-dealkylation sites (N-methyl/N-ethyl adjacent to an activating group) is 1. The molecule has 184 valence electrons. The molecule has 3 rings (SSSR count). The quantitative estimate of drug-likeness (QED) is 0.633. The van der Waals surface area contributed by atoms with Gasteiger partial charge in [0.1, 0.15) is 12.1 Å². The van der Waals surface area contributed by atoms with E-state index in [1.165, 1.54) is 7.11 Å². The Hall–Kier alpha value is -2.49. The number of ether oxygens (including phenoxy) is 1. The molecule has 3 atom stereocenters. The van der Waals surface area contributed by atoms with Gasteiger partial charge in [-0.15, -0.1) is 5.10 Å². The Bertz CT molecular complexity index is 855. The third kappa shape index (κ3) is 5.72. The van der Waals surface area contributed by atoms with Crippen molar-refractivity contribution < 1.29 is 19.1 Å². The molecule has 1 aromatic rings. The summed E-state index contributed by atoms with van der Waals surface area (Å²) in [6.07, 6.45) is 4.02. The summed E-state index contributed by atoms with van der Waals surface area (Å²) in [7, 11) is 3.03. The fourth-order valence-corrected chi connectivity index (χ4v) is 4.98. The van der Waals surface area contributed by atoms with Gasteiger partial charge in [0.05, 0.1) is 24.9 Å². The minimum absolute atomic E-state index is 0.0408. The third-order valence-electron chi connectivity index (χ3n) is 6.73. The number of likely N-dealkylation sites (tertiary alicyclic amines) is 2. The van der Waals surface area contributed by atoms with Crippen molar-refractivity contribution in [2.24, 2.45) is 17.3 Å². The van der Waals surface area contributed by atoms with Gasteiger partial charge in [-0.25, -0.2) is 4.68 Å². The number of nitrogens with one attached hydrogen (secondary N) is 1. The number of nitrogens with zero attached hydrogens (tertiary/aromatic N) is 5. The lowest BCUT2D eigenvalue weighted by molar-refractivity contribution is -0.147. The number of methoxy groups -OCH3 is 1. The van der Waals surface area contributed by atoms with Gasteiger partial charge in [-0.1, -0.05) is 32.9 Å². The van der Waals surface area contributed by atoms with Gasteiger partial charge in [0.2, 0.25) is 11.8 Å². The predicted molar refractivity (Wildman–Crippen MR) is 122 cm³/mol. The van der Waals surface area contributed by atoms with Gasteiger partial charge >= 0.3 is 5.97 Å². The molecule has 0 saturated carbocycles. The average molecular weight is 463 g/mol. The highest BCUT2D eigenvalue weighted by Gasteiger charge is 2.44. The van der Waals surface area contributed by atoms with Crippen LogP contribution in [-0.2, 0) is 25.7 Å². The number of carbonyl (C=O) groups excluding carboxylic acids is 3. The molecular formula is C23H38N6O4. The van der Waals surface area contributed by atoms with Gasteiger partial charge in [0.15, 0.2) is 0 Å². The summed E-state index contributed by atoms with van der Waals surface area (Å²) in [4.78, 5) is 41.8. The van der Waals surface area contributed by atoms with E-state index in [0.717, 1.165) is 31.6 Å². The van der Waals surface area contributed by atoms with E-state index in [2.05, 4.69) is 27.5 Å². The number of hydrogen-bond donors (Lipinski definition) is 1. The largest absolute Gasteiger partial charge is 0.469 e. The first-order chi connectivity index (χ1) is 15.5. The Morgan fingerprint density at radius 3 is 2.48 bits per heavy atom. The monoisotopic (exact) mass is 462 g/mol. The third-order valence-corrected chi connectivity index (χ3v) is 6.73. The van der Waals surface area contributed by atoms with Crippen molar-refractivity contribution in [2.45, 2.75) is 65.6 Å². The first-order valence-corrected chi connectivity index (χ1v) is 11.8. The van der Waals surface area contributed by atoms with Gasteiger partial charge in [-0.3, -0.25) is 19.3 Å². The molecule has 1 N–H and O–H groups in total. The van der Waals surface area contributed by atoms with Crippen LogP contribution in [0.2, 0.25) is 0 Å². The molecule has 2 amide bonds. The van der Waals surface area contributed by atoms with Gasteiger partial charge < -0.3 is 15.0 Å². The number of esters is 1. The van der Waals surface area contributed by atoms with Crippen molar-refractivity contribution in [1.82, 2.24) is 30.1 Å². The maximum atomic E-state index is 13.7. The van der Waals surface area contributed by atoms with E-state index >= 15 is 0 Å². The molecule has 2 saturated heterocycles. The summed E-state index contributed by atoms with van der Waals surface area (Å²) in [5.74, 6) is -0.152. The highest BCUT2D eigenvalue weighted by Crippen LogP contribution is 2.35. The zero-order valence-corrected chi connectivity index (χ0v) is 20.7. The summed E-state index contributed by atoms with van der Waals surface area (Å²) in [5.41, 5.74) is 0.367. The molecule has 0 spiro atoms. The summed E-state index contributed by atoms with van der Waals surface area (Å²) in [6, 6.07) is -1.03. The number of hydrogen-bond acceptors (Lipinski definition) is 7. The smallest absolute Gasteiger partial charge is 0.308 e. The molecule has 0 bridgehead atoms. The second-order valence-corrected chi connectivity index (χ2v) is 10.5. The van der Waals surface area contributed by atoms with E-state index in [4.69, 9.17) is 4.74 Å². The molecular weight excluding hydrogens is 424 g/mol. The molecule has 3 heterocycles. The van der Waals surface area contributed by atoms with Crippen LogP contribution in [0.4, 0.5) is 0 Å². The van der Waals surface area contributed by atoms with Crippen LogP contribution in [0.1, 0.15) is 58.7 Å². The lowest BCUT2D eigenvalue weighted by atomic mass is 9.85. The van der Waals surface area contributed by atoms with Crippen molar-refractivity contribution in [2.75, 3.05) is 33.8 Å². The molecule has 2 aliphatic heterocycles. The number of rotatable bonds is 6. The average Bonchev–Trinajstić information content (AvgIpc) is 3.38. The molecule has 3 unspecified atom stereocenters. The first-order valence-electron chi connectivity index (χ1n) is 11.8. The van der Waals surface area contributed by atoms with Crippen LogP contribution in [0, 0.1) is 17.3 Å². The second kappa shape index (κ2) is 10.2. The van der Waals surface area contributed by atoms with Crippen LogP contribution < -0.4 is 5.32 Å². The molecule has 33 heavy (non-hydrogen) atoms. The zero-order valence-electron chi connectivity index (χ0n) is 20.7. The standard InChI is InChI=1S/C23H38N6O4/c1-15-11-18(20(30)24-5)28(12-15)21(31)19(23(2,3)4)29-14-17(25-26-29)13-27-9-7-16(8-10-27)22(32)33-6/h14-16,18-19H,7-13H2,1-6H3,(H,24,30). The molecule has 10 nitrogen and oxygen atoms in total. The molecule has 2 aliphatic rings.